The first-order chi connectivity index (χ1) is 12.8. The number of hydrogen-bond acceptors (Lipinski definition) is 6. The SMILES string of the molecule is CCC(CC)C(=O)Nc1nc2ccc(S(=O)(=O)N3CCN(C)CC3)cc2s1. The molecular formula is C18H26N4O3S2. The van der Waals surface area contributed by atoms with E-state index in [9.17, 15) is 13.2 Å². The van der Waals surface area contributed by atoms with E-state index in [0.717, 1.165) is 30.6 Å². The van der Waals surface area contributed by atoms with Gasteiger partial charge in [-0.1, -0.05) is 25.2 Å². The molecule has 27 heavy (non-hydrogen) atoms. The average Bonchev–Trinajstić information content (AvgIpc) is 3.04. The predicted molar refractivity (Wildman–Crippen MR) is 109 cm³/mol. The van der Waals surface area contributed by atoms with Crippen LogP contribution in [0, 0.1) is 5.92 Å². The van der Waals surface area contributed by atoms with Gasteiger partial charge < -0.3 is 10.2 Å². The lowest BCUT2D eigenvalue weighted by Crippen LogP contribution is -2.46. The van der Waals surface area contributed by atoms with Crippen LogP contribution in [0.2, 0.25) is 0 Å². The maximum atomic E-state index is 12.9. The number of piperazine rings is 1. The van der Waals surface area contributed by atoms with Crippen molar-refractivity contribution in [1.29, 1.82) is 0 Å². The molecule has 1 aliphatic heterocycles. The molecule has 1 saturated heterocycles. The Morgan fingerprint density at radius 2 is 1.89 bits per heavy atom. The molecule has 9 heteroatoms. The zero-order valence-corrected chi connectivity index (χ0v) is 17.6. The van der Waals surface area contributed by atoms with Gasteiger partial charge in [0, 0.05) is 32.1 Å². The first-order valence-electron chi connectivity index (χ1n) is 9.25. The number of nitrogens with zero attached hydrogens (tertiary/aromatic N) is 3. The molecule has 1 N–H and O–H groups in total. The van der Waals surface area contributed by atoms with E-state index in [4.69, 9.17) is 0 Å². The Kier molecular flexibility index (Phi) is 6.15. The van der Waals surface area contributed by atoms with Gasteiger partial charge in [0.15, 0.2) is 5.13 Å². The first kappa shape index (κ1) is 20.2. The van der Waals surface area contributed by atoms with Crippen molar-refractivity contribution >= 4 is 42.6 Å². The number of carbonyl (C=O) groups is 1. The van der Waals surface area contributed by atoms with Gasteiger partial charge in [0.25, 0.3) is 0 Å². The van der Waals surface area contributed by atoms with Gasteiger partial charge in [-0.2, -0.15) is 4.31 Å². The molecule has 1 amide bonds. The monoisotopic (exact) mass is 410 g/mol. The number of benzene rings is 1. The zero-order chi connectivity index (χ0) is 19.6. The van der Waals surface area contributed by atoms with Gasteiger partial charge in [0.2, 0.25) is 15.9 Å². The molecule has 1 aliphatic rings. The molecule has 0 bridgehead atoms. The van der Waals surface area contributed by atoms with Crippen molar-refractivity contribution in [2.24, 2.45) is 5.92 Å². The molecule has 1 aromatic heterocycles. The van der Waals surface area contributed by atoms with Crippen LogP contribution in [-0.2, 0) is 14.8 Å². The molecule has 7 nitrogen and oxygen atoms in total. The van der Waals surface area contributed by atoms with Crippen LogP contribution in [0.4, 0.5) is 5.13 Å². The molecule has 0 aliphatic carbocycles. The van der Waals surface area contributed by atoms with Crippen LogP contribution >= 0.6 is 11.3 Å². The average molecular weight is 411 g/mol. The number of hydrogen-bond donors (Lipinski definition) is 1. The van der Waals surface area contributed by atoms with E-state index in [1.54, 1.807) is 18.2 Å². The molecule has 0 spiro atoms. The molecule has 0 atom stereocenters. The fourth-order valence-electron chi connectivity index (χ4n) is 3.16. The van der Waals surface area contributed by atoms with Crippen LogP contribution in [0.15, 0.2) is 23.1 Å². The van der Waals surface area contributed by atoms with Gasteiger partial charge in [0.1, 0.15) is 0 Å². The van der Waals surface area contributed by atoms with E-state index in [1.807, 2.05) is 20.9 Å². The van der Waals surface area contributed by atoms with Crippen molar-refractivity contribution in [1.82, 2.24) is 14.2 Å². The summed E-state index contributed by atoms with van der Waals surface area (Å²) in [5.74, 6) is -0.0745. The summed E-state index contributed by atoms with van der Waals surface area (Å²) in [7, 11) is -1.52. The van der Waals surface area contributed by atoms with E-state index in [1.165, 1.54) is 15.6 Å². The number of likely N-dealkylation sites (N-methyl/N-ethyl adjacent to an activating group) is 1. The minimum Gasteiger partial charge on any atom is -0.304 e. The summed E-state index contributed by atoms with van der Waals surface area (Å²) in [6.07, 6.45) is 1.56. The van der Waals surface area contributed by atoms with Gasteiger partial charge in [0.05, 0.1) is 15.1 Å². The molecule has 1 fully saturated rings. The summed E-state index contributed by atoms with van der Waals surface area (Å²) in [6, 6.07) is 4.97. The van der Waals surface area contributed by atoms with Crippen molar-refractivity contribution in [2.75, 3.05) is 38.5 Å². The Hall–Kier alpha value is -1.55. The van der Waals surface area contributed by atoms with Gasteiger partial charge >= 0.3 is 0 Å². The molecule has 0 saturated carbocycles. The first-order valence-corrected chi connectivity index (χ1v) is 11.5. The van der Waals surface area contributed by atoms with Crippen LogP contribution in [0.5, 0.6) is 0 Å². The van der Waals surface area contributed by atoms with E-state index in [0.29, 0.717) is 23.7 Å². The standard InChI is InChI=1S/C18H26N4O3S2/c1-4-13(5-2)17(23)20-18-19-15-7-6-14(12-16(15)26-18)27(24,25)22-10-8-21(3)9-11-22/h6-7,12-13H,4-5,8-11H2,1-3H3,(H,19,20,23). The molecule has 1 aromatic carbocycles. The number of nitrogens with one attached hydrogen (secondary N) is 1. The smallest absolute Gasteiger partial charge is 0.243 e. The van der Waals surface area contributed by atoms with Crippen molar-refractivity contribution < 1.29 is 13.2 Å². The van der Waals surface area contributed by atoms with Crippen LogP contribution in [0.3, 0.4) is 0 Å². The Labute approximate surface area is 164 Å². The largest absolute Gasteiger partial charge is 0.304 e. The second kappa shape index (κ2) is 8.22. The fourth-order valence-corrected chi connectivity index (χ4v) is 5.59. The lowest BCUT2D eigenvalue weighted by atomic mass is 10.0. The summed E-state index contributed by atoms with van der Waals surface area (Å²) in [5, 5.41) is 3.37. The van der Waals surface area contributed by atoms with Crippen molar-refractivity contribution in [3.05, 3.63) is 18.2 Å². The minimum absolute atomic E-state index is 0.0369. The molecule has 3 rings (SSSR count). The third-order valence-electron chi connectivity index (χ3n) is 5.05. The van der Waals surface area contributed by atoms with E-state index < -0.39 is 10.0 Å². The quantitative estimate of drug-likeness (QED) is 0.792. The lowest BCUT2D eigenvalue weighted by molar-refractivity contribution is -0.120. The summed E-state index contributed by atoms with van der Waals surface area (Å²) in [4.78, 5) is 19.1. The maximum Gasteiger partial charge on any atom is 0.243 e. The second-order valence-corrected chi connectivity index (χ2v) is 9.83. The summed E-state index contributed by atoms with van der Waals surface area (Å²) >= 11 is 1.31. The Balaban J connectivity index is 1.82. The molecule has 148 valence electrons. The number of carbonyl (C=O) groups excluding carboxylic acids is 1. The Morgan fingerprint density at radius 3 is 2.52 bits per heavy atom. The number of sulfonamides is 1. The van der Waals surface area contributed by atoms with Crippen molar-refractivity contribution in [3.63, 3.8) is 0 Å². The van der Waals surface area contributed by atoms with Crippen LogP contribution < -0.4 is 5.32 Å². The number of anilines is 1. The minimum atomic E-state index is -3.51. The third-order valence-corrected chi connectivity index (χ3v) is 7.87. The Bertz CT molecular complexity index is 914. The van der Waals surface area contributed by atoms with E-state index in [2.05, 4.69) is 15.2 Å². The van der Waals surface area contributed by atoms with Gasteiger partial charge in [-0.3, -0.25) is 4.79 Å². The van der Waals surface area contributed by atoms with Crippen LogP contribution in [-0.4, -0.2) is 61.7 Å². The molecule has 0 unspecified atom stereocenters. The normalized spacial score (nSPS) is 16.9. The fraction of sp³-hybridized carbons (Fsp3) is 0.556. The summed E-state index contributed by atoms with van der Waals surface area (Å²) in [5.41, 5.74) is 0.692. The summed E-state index contributed by atoms with van der Waals surface area (Å²) in [6.45, 7) is 6.43. The van der Waals surface area contributed by atoms with Gasteiger partial charge in [-0.15, -0.1) is 0 Å². The maximum absolute atomic E-state index is 12.9. The van der Waals surface area contributed by atoms with Gasteiger partial charge in [-0.25, -0.2) is 13.4 Å². The molecule has 2 heterocycles. The van der Waals surface area contributed by atoms with Gasteiger partial charge in [-0.05, 0) is 38.1 Å². The highest BCUT2D eigenvalue weighted by molar-refractivity contribution is 7.89. The highest BCUT2D eigenvalue weighted by atomic mass is 32.2. The number of aromatic nitrogens is 1. The van der Waals surface area contributed by atoms with E-state index >= 15 is 0 Å². The molecule has 0 radical (unpaired) electrons. The van der Waals surface area contributed by atoms with Crippen LogP contribution in [0.1, 0.15) is 26.7 Å². The highest BCUT2D eigenvalue weighted by Gasteiger charge is 2.28. The third kappa shape index (κ3) is 4.31. The second-order valence-electron chi connectivity index (χ2n) is 6.86. The number of fused-ring (bicyclic) bond motifs is 1. The van der Waals surface area contributed by atoms with E-state index in [-0.39, 0.29) is 16.7 Å². The lowest BCUT2D eigenvalue weighted by Gasteiger charge is -2.31. The summed E-state index contributed by atoms with van der Waals surface area (Å²) < 4.78 is 28.1. The number of rotatable bonds is 6. The number of thiazole rings is 1. The zero-order valence-electron chi connectivity index (χ0n) is 15.9. The molecular weight excluding hydrogens is 384 g/mol. The van der Waals surface area contributed by atoms with Crippen LogP contribution in [0.25, 0.3) is 10.2 Å². The highest BCUT2D eigenvalue weighted by Crippen LogP contribution is 2.30. The molecule has 2 aromatic rings. The topological polar surface area (TPSA) is 82.6 Å². The number of amides is 1. The predicted octanol–water partition coefficient (Wildman–Crippen LogP) is 2.61. The van der Waals surface area contributed by atoms with Crippen molar-refractivity contribution in [3.8, 4) is 0 Å². The Morgan fingerprint density at radius 1 is 1.22 bits per heavy atom. The van der Waals surface area contributed by atoms with Crippen molar-refractivity contribution in [2.45, 2.75) is 31.6 Å².